The molecule has 2 aromatic rings. The van der Waals surface area contributed by atoms with Crippen molar-refractivity contribution >= 4 is 23.6 Å². The summed E-state index contributed by atoms with van der Waals surface area (Å²) in [7, 11) is 3.19. The maximum Gasteiger partial charge on any atom is 0.246 e. The quantitative estimate of drug-likeness (QED) is 0.793. The van der Waals surface area contributed by atoms with E-state index in [9.17, 15) is 9.59 Å². The standard InChI is InChI=1S/C22H26N2O3/c1-15-7-10-20(27-5)18(12-15)9-11-22(26)24(4)14-21(25)23-19-13-16(2)6-8-17(19)3/h6-13H,14H2,1-5H3,(H,23,25)/b11-9+. The molecule has 5 heteroatoms. The third-order valence-corrected chi connectivity index (χ3v) is 4.21. The summed E-state index contributed by atoms with van der Waals surface area (Å²) in [5.74, 6) is 0.204. The van der Waals surface area contributed by atoms with Crippen LogP contribution in [0.1, 0.15) is 22.3 Å². The zero-order valence-corrected chi connectivity index (χ0v) is 16.5. The monoisotopic (exact) mass is 366 g/mol. The van der Waals surface area contributed by atoms with Crippen LogP contribution in [0.3, 0.4) is 0 Å². The first-order valence-electron chi connectivity index (χ1n) is 8.75. The second-order valence-corrected chi connectivity index (χ2v) is 6.64. The molecule has 0 aromatic heterocycles. The molecule has 0 aliphatic carbocycles. The first-order valence-corrected chi connectivity index (χ1v) is 8.75. The van der Waals surface area contributed by atoms with Crippen molar-refractivity contribution in [2.45, 2.75) is 20.8 Å². The van der Waals surface area contributed by atoms with Crippen molar-refractivity contribution in [3.63, 3.8) is 0 Å². The van der Waals surface area contributed by atoms with Gasteiger partial charge < -0.3 is 15.0 Å². The van der Waals surface area contributed by atoms with Gasteiger partial charge in [-0.2, -0.15) is 0 Å². The number of nitrogens with one attached hydrogen (secondary N) is 1. The minimum absolute atomic E-state index is 0.0263. The summed E-state index contributed by atoms with van der Waals surface area (Å²) in [6, 6.07) is 11.6. The van der Waals surface area contributed by atoms with E-state index in [1.165, 1.54) is 11.0 Å². The van der Waals surface area contributed by atoms with Gasteiger partial charge >= 0.3 is 0 Å². The molecule has 27 heavy (non-hydrogen) atoms. The molecule has 0 atom stereocenters. The maximum absolute atomic E-state index is 12.3. The van der Waals surface area contributed by atoms with Crippen LogP contribution in [-0.2, 0) is 9.59 Å². The number of carbonyl (C=O) groups is 2. The Hall–Kier alpha value is -3.08. The average molecular weight is 366 g/mol. The van der Waals surface area contributed by atoms with Crippen molar-refractivity contribution in [1.82, 2.24) is 4.90 Å². The van der Waals surface area contributed by atoms with Gasteiger partial charge in [0.05, 0.1) is 13.7 Å². The molecule has 2 aromatic carbocycles. The third-order valence-electron chi connectivity index (χ3n) is 4.21. The zero-order valence-electron chi connectivity index (χ0n) is 16.5. The Morgan fingerprint density at radius 1 is 1.07 bits per heavy atom. The normalized spacial score (nSPS) is 10.7. The second-order valence-electron chi connectivity index (χ2n) is 6.64. The Kier molecular flexibility index (Phi) is 6.77. The van der Waals surface area contributed by atoms with Gasteiger partial charge in [-0.25, -0.2) is 0 Å². The molecule has 0 unspecified atom stereocenters. The van der Waals surface area contributed by atoms with Gasteiger partial charge in [0, 0.05) is 24.4 Å². The summed E-state index contributed by atoms with van der Waals surface area (Å²) in [4.78, 5) is 26.0. The van der Waals surface area contributed by atoms with Crippen LogP contribution < -0.4 is 10.1 Å². The van der Waals surface area contributed by atoms with Gasteiger partial charge in [-0.1, -0.05) is 23.8 Å². The second kappa shape index (κ2) is 9.03. The summed E-state index contributed by atoms with van der Waals surface area (Å²) in [5, 5.41) is 2.86. The van der Waals surface area contributed by atoms with Crippen molar-refractivity contribution < 1.29 is 14.3 Å². The van der Waals surface area contributed by atoms with Crippen LogP contribution in [0.5, 0.6) is 5.75 Å². The fraction of sp³-hybridized carbons (Fsp3) is 0.273. The number of anilines is 1. The Morgan fingerprint density at radius 2 is 1.74 bits per heavy atom. The molecule has 0 saturated carbocycles. The minimum atomic E-state index is -0.255. The fourth-order valence-corrected chi connectivity index (χ4v) is 2.63. The van der Waals surface area contributed by atoms with Crippen molar-refractivity contribution in [3.8, 4) is 5.75 Å². The Labute approximate surface area is 160 Å². The van der Waals surface area contributed by atoms with Crippen LogP contribution in [0.15, 0.2) is 42.5 Å². The van der Waals surface area contributed by atoms with E-state index in [2.05, 4.69) is 5.32 Å². The number of benzene rings is 2. The number of aryl methyl sites for hydroxylation is 3. The molecule has 2 rings (SSSR count). The van der Waals surface area contributed by atoms with Crippen LogP contribution in [0.2, 0.25) is 0 Å². The van der Waals surface area contributed by atoms with Gasteiger partial charge in [0.25, 0.3) is 0 Å². The van der Waals surface area contributed by atoms with Crippen molar-refractivity contribution in [1.29, 1.82) is 0 Å². The number of nitrogens with zero attached hydrogens (tertiary/aromatic N) is 1. The number of ether oxygens (including phenoxy) is 1. The smallest absolute Gasteiger partial charge is 0.246 e. The van der Waals surface area contributed by atoms with Crippen LogP contribution in [0.4, 0.5) is 5.69 Å². The van der Waals surface area contributed by atoms with Gasteiger partial charge in [0.15, 0.2) is 0 Å². The molecule has 0 spiro atoms. The van der Waals surface area contributed by atoms with Crippen LogP contribution >= 0.6 is 0 Å². The molecule has 1 N–H and O–H groups in total. The third kappa shape index (κ3) is 5.71. The summed E-state index contributed by atoms with van der Waals surface area (Å²) in [5.41, 5.74) is 4.70. The largest absolute Gasteiger partial charge is 0.496 e. The predicted molar refractivity (Wildman–Crippen MR) is 109 cm³/mol. The van der Waals surface area contributed by atoms with Crippen molar-refractivity contribution in [3.05, 3.63) is 64.7 Å². The Morgan fingerprint density at radius 3 is 2.44 bits per heavy atom. The Bertz CT molecular complexity index is 872. The molecule has 0 radical (unpaired) electrons. The highest BCUT2D eigenvalue weighted by Gasteiger charge is 2.12. The fourth-order valence-electron chi connectivity index (χ4n) is 2.63. The molecule has 0 saturated heterocycles. The molecular formula is C22H26N2O3. The van der Waals surface area contributed by atoms with Gasteiger partial charge in [-0.3, -0.25) is 9.59 Å². The number of amides is 2. The van der Waals surface area contributed by atoms with Gasteiger partial charge in [0.2, 0.25) is 11.8 Å². The predicted octanol–water partition coefficient (Wildman–Crippen LogP) is 3.73. The van der Waals surface area contributed by atoms with Gasteiger partial charge in [-0.15, -0.1) is 0 Å². The molecule has 5 nitrogen and oxygen atoms in total. The number of hydrogen-bond donors (Lipinski definition) is 1. The summed E-state index contributed by atoms with van der Waals surface area (Å²) >= 11 is 0. The molecule has 0 bridgehead atoms. The van der Waals surface area contributed by atoms with Crippen LogP contribution in [0.25, 0.3) is 6.08 Å². The van der Waals surface area contributed by atoms with Crippen LogP contribution in [0, 0.1) is 20.8 Å². The molecule has 0 heterocycles. The molecular weight excluding hydrogens is 340 g/mol. The average Bonchev–Trinajstić information content (AvgIpc) is 2.62. The van der Waals surface area contributed by atoms with Crippen molar-refractivity contribution in [2.75, 3.05) is 26.0 Å². The van der Waals surface area contributed by atoms with E-state index < -0.39 is 0 Å². The first kappa shape index (κ1) is 20.2. The summed E-state index contributed by atoms with van der Waals surface area (Å²) in [6.07, 6.45) is 3.15. The summed E-state index contributed by atoms with van der Waals surface area (Å²) in [6.45, 7) is 5.85. The van der Waals surface area contributed by atoms with E-state index in [-0.39, 0.29) is 18.4 Å². The molecule has 0 aliphatic heterocycles. The van der Waals surface area contributed by atoms with Crippen LogP contribution in [-0.4, -0.2) is 37.4 Å². The molecule has 0 fully saturated rings. The highest BCUT2D eigenvalue weighted by atomic mass is 16.5. The van der Waals surface area contributed by atoms with E-state index in [0.717, 1.165) is 27.9 Å². The van der Waals surface area contributed by atoms with E-state index >= 15 is 0 Å². The maximum atomic E-state index is 12.3. The lowest BCUT2D eigenvalue weighted by Crippen LogP contribution is -2.34. The number of hydrogen-bond acceptors (Lipinski definition) is 3. The first-order chi connectivity index (χ1) is 12.8. The molecule has 142 valence electrons. The van der Waals surface area contributed by atoms with Gasteiger partial charge in [-0.05, 0) is 56.2 Å². The van der Waals surface area contributed by atoms with Gasteiger partial charge in [0.1, 0.15) is 5.75 Å². The topological polar surface area (TPSA) is 58.6 Å². The highest BCUT2D eigenvalue weighted by molar-refractivity contribution is 5.98. The number of rotatable bonds is 6. The summed E-state index contributed by atoms with van der Waals surface area (Å²) < 4.78 is 5.30. The number of methoxy groups -OCH3 is 1. The van der Waals surface area contributed by atoms with E-state index in [1.54, 1.807) is 20.2 Å². The van der Waals surface area contributed by atoms with E-state index in [0.29, 0.717) is 5.75 Å². The zero-order chi connectivity index (χ0) is 20.0. The number of likely N-dealkylation sites (N-methyl/N-ethyl adjacent to an activating group) is 1. The lowest BCUT2D eigenvalue weighted by molar-refractivity contribution is -0.129. The van der Waals surface area contributed by atoms with Crippen molar-refractivity contribution in [2.24, 2.45) is 0 Å². The Balaban J connectivity index is 2.00. The van der Waals surface area contributed by atoms with E-state index in [1.807, 2.05) is 57.2 Å². The SMILES string of the molecule is COc1ccc(C)cc1/C=C/C(=O)N(C)CC(=O)Nc1cc(C)ccc1C. The molecule has 2 amide bonds. The molecule has 0 aliphatic rings. The lowest BCUT2D eigenvalue weighted by Gasteiger charge is -2.16. The minimum Gasteiger partial charge on any atom is -0.496 e. The number of carbonyl (C=O) groups excluding carboxylic acids is 2. The van der Waals surface area contributed by atoms with E-state index in [4.69, 9.17) is 4.74 Å². The highest BCUT2D eigenvalue weighted by Crippen LogP contribution is 2.21. The lowest BCUT2D eigenvalue weighted by atomic mass is 10.1.